The summed E-state index contributed by atoms with van der Waals surface area (Å²) in [5, 5.41) is 8.67. The Bertz CT molecular complexity index is 904. The van der Waals surface area contributed by atoms with E-state index in [9.17, 15) is 4.79 Å². The van der Waals surface area contributed by atoms with Crippen LogP contribution in [0, 0.1) is 0 Å². The molecule has 3 aromatic rings. The molecule has 24 heavy (non-hydrogen) atoms. The molecular formula is C16H14ClN5O2. The smallest absolute Gasteiger partial charge is 0.254 e. The summed E-state index contributed by atoms with van der Waals surface area (Å²) in [5.74, 6) is -0.0476. The van der Waals surface area contributed by atoms with Gasteiger partial charge >= 0.3 is 0 Å². The molecule has 1 amide bonds. The summed E-state index contributed by atoms with van der Waals surface area (Å²) in [7, 11) is 0. The van der Waals surface area contributed by atoms with Gasteiger partial charge in [0.2, 0.25) is 0 Å². The molecule has 1 fully saturated rings. The van der Waals surface area contributed by atoms with E-state index < -0.39 is 0 Å². The number of rotatable bonds is 2. The first-order chi connectivity index (χ1) is 11.7. The Morgan fingerprint density at radius 2 is 2.04 bits per heavy atom. The summed E-state index contributed by atoms with van der Waals surface area (Å²) in [6.45, 7) is 2.29. The number of morpholine rings is 1. The number of hydrogen-bond acceptors (Lipinski definition) is 5. The van der Waals surface area contributed by atoms with Crippen molar-refractivity contribution in [3.05, 3.63) is 47.1 Å². The fourth-order valence-corrected chi connectivity index (χ4v) is 2.88. The number of carbonyl (C=O) groups excluding carboxylic acids is 1. The van der Waals surface area contributed by atoms with Crippen molar-refractivity contribution in [3.8, 4) is 5.69 Å². The Balaban J connectivity index is 1.75. The molecule has 3 heterocycles. The van der Waals surface area contributed by atoms with Gasteiger partial charge in [-0.1, -0.05) is 16.8 Å². The van der Waals surface area contributed by atoms with Crippen LogP contribution in [0.15, 0.2) is 36.5 Å². The summed E-state index contributed by atoms with van der Waals surface area (Å²) in [4.78, 5) is 18.7. The average molecular weight is 344 g/mol. The van der Waals surface area contributed by atoms with Gasteiger partial charge < -0.3 is 9.64 Å². The van der Waals surface area contributed by atoms with Crippen LogP contribution in [0.2, 0.25) is 5.02 Å². The predicted octanol–water partition coefficient (Wildman–Crippen LogP) is 1.94. The SMILES string of the molecule is O=C(c1ccc(Cl)c(-n2nnc3cccnc32)c1)N1CCOCC1. The molecule has 1 saturated heterocycles. The van der Waals surface area contributed by atoms with Crippen molar-refractivity contribution in [2.75, 3.05) is 26.3 Å². The van der Waals surface area contributed by atoms with Gasteiger partial charge in [0.1, 0.15) is 5.52 Å². The van der Waals surface area contributed by atoms with Crippen LogP contribution in [0.5, 0.6) is 0 Å². The van der Waals surface area contributed by atoms with Gasteiger partial charge in [0, 0.05) is 24.8 Å². The van der Waals surface area contributed by atoms with E-state index >= 15 is 0 Å². The van der Waals surface area contributed by atoms with Crippen molar-refractivity contribution in [1.82, 2.24) is 24.9 Å². The van der Waals surface area contributed by atoms with Gasteiger partial charge in [0.05, 0.1) is 23.9 Å². The first kappa shape index (κ1) is 15.0. The van der Waals surface area contributed by atoms with E-state index in [2.05, 4.69) is 15.3 Å². The molecule has 0 unspecified atom stereocenters. The van der Waals surface area contributed by atoms with Crippen molar-refractivity contribution in [1.29, 1.82) is 0 Å². The Hall–Kier alpha value is -2.51. The summed E-state index contributed by atoms with van der Waals surface area (Å²) in [6.07, 6.45) is 1.67. The van der Waals surface area contributed by atoms with Crippen molar-refractivity contribution in [3.63, 3.8) is 0 Å². The molecule has 0 aliphatic carbocycles. The lowest BCUT2D eigenvalue weighted by Gasteiger charge is -2.27. The molecular weight excluding hydrogens is 330 g/mol. The lowest BCUT2D eigenvalue weighted by Crippen LogP contribution is -2.40. The second-order valence-electron chi connectivity index (χ2n) is 5.42. The number of pyridine rings is 1. The molecule has 4 rings (SSSR count). The standard InChI is InChI=1S/C16H14ClN5O2/c17-12-4-3-11(16(23)21-6-8-24-9-7-21)10-14(12)22-15-13(19-20-22)2-1-5-18-15/h1-5,10H,6-9H2. The fraction of sp³-hybridized carbons (Fsp3) is 0.250. The molecule has 7 nitrogen and oxygen atoms in total. The number of halogens is 1. The largest absolute Gasteiger partial charge is 0.378 e. The van der Waals surface area contributed by atoms with Crippen LogP contribution in [0.1, 0.15) is 10.4 Å². The van der Waals surface area contributed by atoms with Crippen molar-refractivity contribution < 1.29 is 9.53 Å². The molecule has 0 bridgehead atoms. The maximum absolute atomic E-state index is 12.7. The van der Waals surface area contributed by atoms with Gasteiger partial charge in [0.15, 0.2) is 5.65 Å². The molecule has 0 saturated carbocycles. The monoisotopic (exact) mass is 343 g/mol. The number of aromatic nitrogens is 4. The normalized spacial score (nSPS) is 15.0. The second kappa shape index (κ2) is 6.18. The summed E-state index contributed by atoms with van der Waals surface area (Å²) in [5.41, 5.74) is 2.39. The first-order valence-corrected chi connectivity index (χ1v) is 7.95. The maximum Gasteiger partial charge on any atom is 0.254 e. The lowest BCUT2D eigenvalue weighted by atomic mass is 10.1. The van der Waals surface area contributed by atoms with Crippen molar-refractivity contribution in [2.45, 2.75) is 0 Å². The van der Waals surface area contributed by atoms with Gasteiger partial charge in [0.25, 0.3) is 5.91 Å². The minimum atomic E-state index is -0.0476. The van der Waals surface area contributed by atoms with Crippen LogP contribution in [-0.4, -0.2) is 57.1 Å². The Morgan fingerprint density at radius 1 is 1.21 bits per heavy atom. The Kier molecular flexibility index (Phi) is 3.87. The minimum Gasteiger partial charge on any atom is -0.378 e. The number of benzene rings is 1. The van der Waals surface area contributed by atoms with E-state index in [-0.39, 0.29) is 5.91 Å². The van der Waals surface area contributed by atoms with Crippen LogP contribution in [-0.2, 0) is 4.74 Å². The van der Waals surface area contributed by atoms with Gasteiger partial charge in [-0.3, -0.25) is 4.79 Å². The minimum absolute atomic E-state index is 0.0476. The molecule has 122 valence electrons. The van der Waals surface area contributed by atoms with Crippen LogP contribution < -0.4 is 0 Å². The molecule has 1 aliphatic heterocycles. The maximum atomic E-state index is 12.7. The van der Waals surface area contributed by atoms with E-state index in [0.717, 1.165) is 0 Å². The third-order valence-corrected chi connectivity index (χ3v) is 4.25. The van der Waals surface area contributed by atoms with Crippen molar-refractivity contribution in [2.24, 2.45) is 0 Å². The number of nitrogens with zero attached hydrogens (tertiary/aromatic N) is 5. The highest BCUT2D eigenvalue weighted by molar-refractivity contribution is 6.32. The summed E-state index contributed by atoms with van der Waals surface area (Å²) < 4.78 is 6.84. The third-order valence-electron chi connectivity index (χ3n) is 3.93. The summed E-state index contributed by atoms with van der Waals surface area (Å²) >= 11 is 6.32. The van der Waals surface area contributed by atoms with Gasteiger partial charge in [-0.2, -0.15) is 4.68 Å². The zero-order valence-corrected chi connectivity index (χ0v) is 13.5. The zero-order chi connectivity index (χ0) is 16.5. The molecule has 1 aromatic carbocycles. The summed E-state index contributed by atoms with van der Waals surface area (Å²) in [6, 6.07) is 8.75. The van der Waals surface area contributed by atoms with Crippen LogP contribution in [0.4, 0.5) is 0 Å². The quantitative estimate of drug-likeness (QED) is 0.711. The topological polar surface area (TPSA) is 73.1 Å². The van der Waals surface area contributed by atoms with E-state index in [1.54, 1.807) is 40.0 Å². The number of fused-ring (bicyclic) bond motifs is 1. The third kappa shape index (κ3) is 2.61. The lowest BCUT2D eigenvalue weighted by molar-refractivity contribution is 0.0303. The molecule has 1 aliphatic rings. The second-order valence-corrected chi connectivity index (χ2v) is 5.83. The van der Waals surface area contributed by atoms with E-state index in [1.165, 1.54) is 0 Å². The highest BCUT2D eigenvalue weighted by Crippen LogP contribution is 2.24. The highest BCUT2D eigenvalue weighted by Gasteiger charge is 2.20. The van der Waals surface area contributed by atoms with Crippen molar-refractivity contribution >= 4 is 28.7 Å². The Labute approximate surface area is 142 Å². The fourth-order valence-electron chi connectivity index (χ4n) is 2.68. The molecule has 0 N–H and O–H groups in total. The molecule has 2 aromatic heterocycles. The van der Waals surface area contributed by atoms with Crippen LogP contribution >= 0.6 is 11.6 Å². The molecule has 0 spiro atoms. The van der Waals surface area contributed by atoms with Gasteiger partial charge in [-0.05, 0) is 30.3 Å². The van der Waals surface area contributed by atoms with Crippen LogP contribution in [0.3, 0.4) is 0 Å². The molecule has 0 radical (unpaired) electrons. The number of hydrogen-bond donors (Lipinski definition) is 0. The van der Waals surface area contributed by atoms with Crippen LogP contribution in [0.25, 0.3) is 16.9 Å². The zero-order valence-electron chi connectivity index (χ0n) is 12.7. The number of ether oxygens (including phenoxy) is 1. The molecule has 0 atom stereocenters. The van der Waals surface area contributed by atoms with E-state index in [0.29, 0.717) is 53.7 Å². The van der Waals surface area contributed by atoms with E-state index in [1.807, 2.05) is 6.07 Å². The number of carbonyl (C=O) groups is 1. The first-order valence-electron chi connectivity index (χ1n) is 7.57. The predicted molar refractivity (Wildman–Crippen MR) is 88.4 cm³/mol. The Morgan fingerprint density at radius 3 is 2.88 bits per heavy atom. The highest BCUT2D eigenvalue weighted by atomic mass is 35.5. The van der Waals surface area contributed by atoms with E-state index in [4.69, 9.17) is 16.3 Å². The van der Waals surface area contributed by atoms with Gasteiger partial charge in [-0.25, -0.2) is 4.98 Å². The molecule has 8 heteroatoms. The average Bonchev–Trinajstić information content (AvgIpc) is 3.06. The number of amides is 1. The van der Waals surface area contributed by atoms with Gasteiger partial charge in [-0.15, -0.1) is 5.10 Å².